The Bertz CT molecular complexity index is 1130. The van der Waals surface area contributed by atoms with Crippen LogP contribution in [-0.2, 0) is 0 Å². The summed E-state index contributed by atoms with van der Waals surface area (Å²) in [6.45, 7) is 13.2. The Hall–Kier alpha value is -3.07. The molecule has 3 nitrogen and oxygen atoms in total. The Balaban J connectivity index is 1.94. The van der Waals surface area contributed by atoms with Gasteiger partial charge in [-0.25, -0.2) is 4.98 Å². The van der Waals surface area contributed by atoms with Crippen LogP contribution in [0.4, 0.5) is 0 Å². The van der Waals surface area contributed by atoms with Crippen LogP contribution >= 0.6 is 0 Å². The quantitative estimate of drug-likeness (QED) is 0.385. The van der Waals surface area contributed by atoms with Crippen molar-refractivity contribution in [3.8, 4) is 22.8 Å². The van der Waals surface area contributed by atoms with Gasteiger partial charge in [0.15, 0.2) is 0 Å². The van der Waals surface area contributed by atoms with Crippen LogP contribution in [0.15, 0.2) is 61.1 Å². The Labute approximate surface area is 173 Å². The van der Waals surface area contributed by atoms with Gasteiger partial charge in [0, 0.05) is 29.8 Å². The largest absolute Gasteiger partial charge is 0.290 e. The fourth-order valence-electron chi connectivity index (χ4n) is 4.34. The van der Waals surface area contributed by atoms with E-state index in [1.54, 1.807) is 0 Å². The number of hydrogen-bond donors (Lipinski definition) is 0. The van der Waals surface area contributed by atoms with Gasteiger partial charge in [0.25, 0.3) is 0 Å². The first-order valence-corrected chi connectivity index (χ1v) is 10.3. The number of imidazole rings is 1. The number of hydrogen-bond acceptors (Lipinski definition) is 1. The zero-order valence-corrected chi connectivity index (χ0v) is 18.2. The molecule has 4 rings (SSSR count). The molecule has 0 saturated heterocycles. The maximum Gasteiger partial charge on any atom is 0.218 e. The molecular formula is C26H29N3. The molecule has 0 atom stereocenters. The SMILES string of the molecule is Cc1cccc(C)c1-c1cc(C(C)C)n(-c2nccn2-c2c(C)cccc2C)c1. The minimum atomic E-state index is 0.385. The molecule has 0 N–H and O–H groups in total. The highest BCUT2D eigenvalue weighted by atomic mass is 15.2. The number of rotatable bonds is 4. The summed E-state index contributed by atoms with van der Waals surface area (Å²) in [6.07, 6.45) is 6.20. The van der Waals surface area contributed by atoms with E-state index in [1.165, 1.54) is 44.8 Å². The van der Waals surface area contributed by atoms with Gasteiger partial charge in [0.05, 0.1) is 5.69 Å². The van der Waals surface area contributed by atoms with E-state index in [-0.39, 0.29) is 0 Å². The first-order chi connectivity index (χ1) is 13.9. The van der Waals surface area contributed by atoms with Crippen LogP contribution in [0.25, 0.3) is 22.8 Å². The van der Waals surface area contributed by atoms with Crippen molar-refractivity contribution in [1.82, 2.24) is 14.1 Å². The Morgan fingerprint density at radius 2 is 1.38 bits per heavy atom. The average molecular weight is 384 g/mol. The van der Waals surface area contributed by atoms with E-state index in [1.807, 2.05) is 6.20 Å². The summed E-state index contributed by atoms with van der Waals surface area (Å²) in [7, 11) is 0. The summed E-state index contributed by atoms with van der Waals surface area (Å²) >= 11 is 0. The van der Waals surface area contributed by atoms with E-state index >= 15 is 0 Å². The van der Waals surface area contributed by atoms with Crippen LogP contribution in [0.5, 0.6) is 0 Å². The van der Waals surface area contributed by atoms with Crippen molar-refractivity contribution in [2.24, 2.45) is 0 Å². The Morgan fingerprint density at radius 1 is 0.793 bits per heavy atom. The van der Waals surface area contributed by atoms with Crippen molar-refractivity contribution >= 4 is 0 Å². The third kappa shape index (κ3) is 3.31. The van der Waals surface area contributed by atoms with Gasteiger partial charge in [-0.05, 0) is 67.5 Å². The van der Waals surface area contributed by atoms with Crippen LogP contribution in [0.1, 0.15) is 47.7 Å². The van der Waals surface area contributed by atoms with Crippen molar-refractivity contribution in [3.63, 3.8) is 0 Å². The number of aromatic nitrogens is 3. The average Bonchev–Trinajstić information content (AvgIpc) is 3.28. The first-order valence-electron chi connectivity index (χ1n) is 10.3. The molecule has 4 aromatic rings. The lowest BCUT2D eigenvalue weighted by Crippen LogP contribution is -2.09. The second-order valence-corrected chi connectivity index (χ2v) is 8.28. The zero-order chi connectivity index (χ0) is 20.7. The van der Waals surface area contributed by atoms with Gasteiger partial charge >= 0.3 is 0 Å². The molecule has 3 heteroatoms. The lowest BCUT2D eigenvalue weighted by atomic mass is 9.97. The van der Waals surface area contributed by atoms with Crippen LogP contribution in [0.2, 0.25) is 0 Å². The van der Waals surface area contributed by atoms with Crippen LogP contribution in [0, 0.1) is 27.7 Å². The molecule has 0 aliphatic heterocycles. The van der Waals surface area contributed by atoms with Crippen molar-refractivity contribution < 1.29 is 0 Å². The minimum Gasteiger partial charge on any atom is -0.290 e. The van der Waals surface area contributed by atoms with E-state index < -0.39 is 0 Å². The molecule has 0 spiro atoms. The predicted molar refractivity (Wildman–Crippen MR) is 121 cm³/mol. The summed E-state index contributed by atoms with van der Waals surface area (Å²) in [6, 6.07) is 15.3. The van der Waals surface area contributed by atoms with Gasteiger partial charge in [0.2, 0.25) is 5.95 Å². The van der Waals surface area contributed by atoms with Gasteiger partial charge in [-0.3, -0.25) is 9.13 Å². The minimum absolute atomic E-state index is 0.385. The molecule has 0 amide bonds. The van der Waals surface area contributed by atoms with Gasteiger partial charge in [0.1, 0.15) is 0 Å². The Morgan fingerprint density at radius 3 is 1.97 bits per heavy atom. The molecule has 0 saturated carbocycles. The molecule has 0 fully saturated rings. The Kier molecular flexibility index (Phi) is 4.91. The molecule has 2 aromatic heterocycles. The third-order valence-corrected chi connectivity index (χ3v) is 5.73. The number of nitrogens with zero attached hydrogens (tertiary/aromatic N) is 3. The van der Waals surface area contributed by atoms with Crippen molar-refractivity contribution in [1.29, 1.82) is 0 Å². The normalized spacial score (nSPS) is 11.4. The molecule has 0 bridgehead atoms. The van der Waals surface area contributed by atoms with Crippen LogP contribution in [0.3, 0.4) is 0 Å². The summed E-state index contributed by atoms with van der Waals surface area (Å²) in [4.78, 5) is 4.77. The van der Waals surface area contributed by atoms with E-state index in [9.17, 15) is 0 Å². The summed E-state index contributed by atoms with van der Waals surface area (Å²) in [5.74, 6) is 1.32. The molecule has 0 aliphatic rings. The lowest BCUT2D eigenvalue weighted by molar-refractivity contribution is 0.754. The van der Waals surface area contributed by atoms with Gasteiger partial charge in [-0.2, -0.15) is 0 Å². The molecular weight excluding hydrogens is 354 g/mol. The number of aryl methyl sites for hydroxylation is 4. The van der Waals surface area contributed by atoms with Gasteiger partial charge in [-0.1, -0.05) is 50.2 Å². The molecule has 29 heavy (non-hydrogen) atoms. The highest BCUT2D eigenvalue weighted by Crippen LogP contribution is 2.33. The van der Waals surface area contributed by atoms with E-state index in [4.69, 9.17) is 4.98 Å². The zero-order valence-electron chi connectivity index (χ0n) is 18.2. The molecule has 2 heterocycles. The smallest absolute Gasteiger partial charge is 0.218 e. The van der Waals surface area contributed by atoms with Gasteiger partial charge in [-0.15, -0.1) is 0 Å². The molecule has 148 valence electrons. The summed E-state index contributed by atoms with van der Waals surface area (Å²) in [5, 5.41) is 0. The maximum absolute atomic E-state index is 4.77. The standard InChI is InChI=1S/C26H29N3/c1-17(2)23-15-22(24-18(3)9-7-10-19(24)4)16-29(23)26-27-13-14-28(26)25-20(5)11-8-12-21(25)6/h7-17H,1-6H3. The molecule has 0 aliphatic carbocycles. The second kappa shape index (κ2) is 7.40. The summed E-state index contributed by atoms with van der Waals surface area (Å²) in [5.41, 5.74) is 10.1. The number of benzene rings is 2. The van der Waals surface area contributed by atoms with Crippen molar-refractivity contribution in [2.45, 2.75) is 47.5 Å². The van der Waals surface area contributed by atoms with E-state index in [2.05, 4.69) is 106 Å². The monoisotopic (exact) mass is 383 g/mol. The molecule has 0 radical (unpaired) electrons. The molecule has 2 aromatic carbocycles. The fourth-order valence-corrected chi connectivity index (χ4v) is 4.34. The summed E-state index contributed by atoms with van der Waals surface area (Å²) < 4.78 is 4.47. The maximum atomic E-state index is 4.77. The molecule has 0 unspecified atom stereocenters. The lowest BCUT2D eigenvalue weighted by Gasteiger charge is -2.16. The van der Waals surface area contributed by atoms with E-state index in [0.717, 1.165) is 5.95 Å². The third-order valence-electron chi connectivity index (χ3n) is 5.73. The second-order valence-electron chi connectivity index (χ2n) is 8.28. The first kappa shape index (κ1) is 19.3. The topological polar surface area (TPSA) is 22.8 Å². The van der Waals surface area contributed by atoms with Crippen molar-refractivity contribution in [3.05, 3.63) is 89.0 Å². The fraction of sp³-hybridized carbons (Fsp3) is 0.269. The van der Waals surface area contributed by atoms with Gasteiger partial charge < -0.3 is 0 Å². The number of para-hydroxylation sites is 1. The van der Waals surface area contributed by atoms with E-state index in [0.29, 0.717) is 5.92 Å². The highest BCUT2D eigenvalue weighted by Gasteiger charge is 2.19. The predicted octanol–water partition coefficient (Wildman–Crippen LogP) is 6.69. The van der Waals surface area contributed by atoms with Crippen LogP contribution in [-0.4, -0.2) is 14.1 Å². The van der Waals surface area contributed by atoms with Crippen LogP contribution < -0.4 is 0 Å². The highest BCUT2D eigenvalue weighted by molar-refractivity contribution is 5.71. The van der Waals surface area contributed by atoms with Crippen molar-refractivity contribution in [2.75, 3.05) is 0 Å².